The third-order valence-electron chi connectivity index (χ3n) is 4.87. The fourth-order valence-corrected chi connectivity index (χ4v) is 5.29. The first-order valence-electron chi connectivity index (χ1n) is 7.72. The number of rotatable bonds is 4. The van der Waals surface area contributed by atoms with Crippen LogP contribution in [-0.2, 0) is 4.79 Å². The Bertz CT molecular complexity index is 510. The van der Waals surface area contributed by atoms with E-state index in [1.807, 2.05) is 18.7 Å². The third kappa shape index (κ3) is 2.76. The highest BCUT2D eigenvalue weighted by Gasteiger charge is 2.49. The zero-order valence-electron chi connectivity index (χ0n) is 13.0. The Kier molecular flexibility index (Phi) is 4.10. The van der Waals surface area contributed by atoms with Gasteiger partial charge in [0.1, 0.15) is 6.17 Å². The van der Waals surface area contributed by atoms with Crippen molar-refractivity contribution in [2.75, 3.05) is 12.3 Å². The highest BCUT2D eigenvalue weighted by atomic mass is 32.2. The van der Waals surface area contributed by atoms with Crippen LogP contribution in [0.25, 0.3) is 0 Å². The Balaban J connectivity index is 1.88. The van der Waals surface area contributed by atoms with E-state index < -0.39 is 5.54 Å². The number of nitrogens with one attached hydrogen (secondary N) is 1. The van der Waals surface area contributed by atoms with Crippen molar-refractivity contribution in [1.29, 1.82) is 0 Å². The summed E-state index contributed by atoms with van der Waals surface area (Å²) < 4.78 is 0.213. The van der Waals surface area contributed by atoms with Crippen molar-refractivity contribution in [2.45, 2.75) is 56.5 Å². The lowest BCUT2D eigenvalue weighted by Gasteiger charge is -2.32. The number of thiophene rings is 1. The second-order valence-corrected chi connectivity index (χ2v) is 9.09. The number of carbonyl (C=O) groups is 1. The van der Waals surface area contributed by atoms with Crippen LogP contribution in [0.1, 0.15) is 51.8 Å². The zero-order valence-corrected chi connectivity index (χ0v) is 14.6. The summed E-state index contributed by atoms with van der Waals surface area (Å²) in [6.45, 7) is 7.29. The maximum absolute atomic E-state index is 13.0. The van der Waals surface area contributed by atoms with Gasteiger partial charge in [-0.1, -0.05) is 6.92 Å². The summed E-state index contributed by atoms with van der Waals surface area (Å²) in [5, 5.41) is 7.83. The summed E-state index contributed by atoms with van der Waals surface area (Å²) in [5.74, 6) is 1.48. The van der Waals surface area contributed by atoms with Crippen LogP contribution < -0.4 is 5.32 Å². The molecule has 5 heteroatoms. The maximum atomic E-state index is 13.0. The fraction of sp³-hybridized carbons (Fsp3) is 0.688. The molecule has 0 saturated carbocycles. The van der Waals surface area contributed by atoms with Gasteiger partial charge in [0.2, 0.25) is 5.91 Å². The molecular formula is C16H24N2OS2. The van der Waals surface area contributed by atoms with Gasteiger partial charge in [0, 0.05) is 11.3 Å². The summed E-state index contributed by atoms with van der Waals surface area (Å²) in [4.78, 5) is 15.0. The highest BCUT2D eigenvalue weighted by Crippen LogP contribution is 2.42. The van der Waals surface area contributed by atoms with Crippen LogP contribution >= 0.6 is 23.1 Å². The van der Waals surface area contributed by atoms with Crippen molar-refractivity contribution in [2.24, 2.45) is 0 Å². The normalized spacial score (nSPS) is 36.6. The average molecular weight is 325 g/mol. The highest BCUT2D eigenvalue weighted by molar-refractivity contribution is 8.00. The minimum atomic E-state index is -0.424. The van der Waals surface area contributed by atoms with Crippen LogP contribution in [0.3, 0.4) is 0 Å². The van der Waals surface area contributed by atoms with Gasteiger partial charge in [-0.05, 0) is 61.3 Å². The van der Waals surface area contributed by atoms with Gasteiger partial charge in [-0.15, -0.1) is 0 Å². The minimum absolute atomic E-state index is 0.0340. The van der Waals surface area contributed by atoms with E-state index in [-0.39, 0.29) is 16.8 Å². The van der Waals surface area contributed by atoms with Crippen LogP contribution in [0.5, 0.6) is 0 Å². The number of amides is 1. The van der Waals surface area contributed by atoms with E-state index in [0.717, 1.165) is 13.0 Å². The second-order valence-electron chi connectivity index (χ2n) is 6.62. The molecule has 0 aliphatic carbocycles. The van der Waals surface area contributed by atoms with Crippen LogP contribution in [0, 0.1) is 0 Å². The Labute approximate surface area is 135 Å². The standard InChI is InChI=1S/C16H24N2OS2/c1-4-16(3)14(19)18(11-15(2)7-5-8-21-15)13(17-16)12-6-9-20-10-12/h6,9-10,13,17H,4-5,7-8,11H2,1-3H3. The van der Waals surface area contributed by atoms with Crippen molar-refractivity contribution < 1.29 is 4.79 Å². The van der Waals surface area contributed by atoms with Gasteiger partial charge in [-0.25, -0.2) is 0 Å². The van der Waals surface area contributed by atoms with Crippen molar-refractivity contribution in [3.05, 3.63) is 22.4 Å². The summed E-state index contributed by atoms with van der Waals surface area (Å²) in [5.41, 5.74) is 0.795. The van der Waals surface area contributed by atoms with E-state index in [9.17, 15) is 4.79 Å². The Morgan fingerprint density at radius 2 is 2.29 bits per heavy atom. The molecule has 2 fully saturated rings. The van der Waals surface area contributed by atoms with Gasteiger partial charge >= 0.3 is 0 Å². The Hall–Kier alpha value is -0.520. The first-order chi connectivity index (χ1) is 9.97. The SMILES string of the molecule is CCC1(C)NC(c2ccsc2)N(CC2(C)CCCS2)C1=O. The van der Waals surface area contributed by atoms with E-state index in [2.05, 4.69) is 40.9 Å². The maximum Gasteiger partial charge on any atom is 0.244 e. The number of hydrogen-bond acceptors (Lipinski definition) is 4. The van der Waals surface area contributed by atoms with Crippen LogP contribution in [0.2, 0.25) is 0 Å². The molecule has 2 saturated heterocycles. The smallest absolute Gasteiger partial charge is 0.244 e. The van der Waals surface area contributed by atoms with E-state index in [4.69, 9.17) is 0 Å². The Morgan fingerprint density at radius 1 is 1.48 bits per heavy atom. The lowest BCUT2D eigenvalue weighted by Crippen LogP contribution is -2.45. The summed E-state index contributed by atoms with van der Waals surface area (Å²) in [6.07, 6.45) is 3.34. The monoisotopic (exact) mass is 324 g/mol. The van der Waals surface area contributed by atoms with Gasteiger partial charge in [0.05, 0.1) is 5.54 Å². The topological polar surface area (TPSA) is 32.3 Å². The lowest BCUT2D eigenvalue weighted by molar-refractivity contribution is -0.133. The molecule has 1 aromatic heterocycles. The lowest BCUT2D eigenvalue weighted by atomic mass is 9.98. The molecule has 1 amide bonds. The molecule has 0 bridgehead atoms. The van der Waals surface area contributed by atoms with Crippen molar-refractivity contribution >= 4 is 29.0 Å². The molecule has 1 N–H and O–H groups in total. The second kappa shape index (κ2) is 5.60. The number of carbonyl (C=O) groups excluding carboxylic acids is 1. The number of hydrogen-bond donors (Lipinski definition) is 1. The average Bonchev–Trinajstić information content (AvgIpc) is 3.17. The predicted molar refractivity (Wildman–Crippen MR) is 90.7 cm³/mol. The van der Waals surface area contributed by atoms with Crippen molar-refractivity contribution in [3.63, 3.8) is 0 Å². The largest absolute Gasteiger partial charge is 0.320 e. The Morgan fingerprint density at radius 3 is 2.86 bits per heavy atom. The van der Waals surface area contributed by atoms with Crippen LogP contribution in [-0.4, -0.2) is 33.4 Å². The first kappa shape index (κ1) is 15.4. The van der Waals surface area contributed by atoms with Gasteiger partial charge in [0.25, 0.3) is 0 Å². The van der Waals surface area contributed by atoms with E-state index in [1.165, 1.54) is 24.2 Å². The predicted octanol–water partition coefficient (Wildman–Crippen LogP) is 3.63. The molecule has 3 heterocycles. The molecule has 0 spiro atoms. The van der Waals surface area contributed by atoms with Gasteiger partial charge in [0.15, 0.2) is 0 Å². The molecule has 0 radical (unpaired) electrons. The first-order valence-corrected chi connectivity index (χ1v) is 9.65. The fourth-order valence-electron chi connectivity index (χ4n) is 3.31. The van der Waals surface area contributed by atoms with E-state index in [1.54, 1.807) is 11.3 Å². The van der Waals surface area contributed by atoms with Gasteiger partial charge in [-0.3, -0.25) is 10.1 Å². The molecule has 3 atom stereocenters. The zero-order chi connectivity index (χ0) is 15.1. The van der Waals surface area contributed by atoms with Crippen molar-refractivity contribution in [1.82, 2.24) is 10.2 Å². The molecule has 21 heavy (non-hydrogen) atoms. The van der Waals surface area contributed by atoms with E-state index >= 15 is 0 Å². The van der Waals surface area contributed by atoms with E-state index in [0.29, 0.717) is 0 Å². The van der Waals surface area contributed by atoms with Crippen LogP contribution in [0.15, 0.2) is 16.8 Å². The van der Waals surface area contributed by atoms with Gasteiger partial charge < -0.3 is 4.90 Å². The molecule has 0 aromatic carbocycles. The summed E-state index contributed by atoms with van der Waals surface area (Å²) >= 11 is 3.72. The number of thioether (sulfide) groups is 1. The molecule has 2 aliphatic heterocycles. The molecule has 3 unspecified atom stereocenters. The van der Waals surface area contributed by atoms with Gasteiger partial charge in [-0.2, -0.15) is 23.1 Å². The molecular weight excluding hydrogens is 300 g/mol. The molecule has 3 nitrogen and oxygen atoms in total. The quantitative estimate of drug-likeness (QED) is 0.918. The molecule has 2 aliphatic rings. The minimum Gasteiger partial charge on any atom is -0.320 e. The number of nitrogens with zero attached hydrogens (tertiary/aromatic N) is 1. The molecule has 3 rings (SSSR count). The third-order valence-corrected chi connectivity index (χ3v) is 7.10. The van der Waals surface area contributed by atoms with Crippen molar-refractivity contribution in [3.8, 4) is 0 Å². The summed E-state index contributed by atoms with van der Waals surface area (Å²) in [7, 11) is 0. The van der Waals surface area contributed by atoms with Crippen LogP contribution in [0.4, 0.5) is 0 Å². The molecule has 116 valence electrons. The molecule has 1 aromatic rings. The summed E-state index contributed by atoms with van der Waals surface area (Å²) in [6, 6.07) is 2.13.